The Bertz CT molecular complexity index is 282. The van der Waals surface area contributed by atoms with Crippen molar-refractivity contribution in [3.05, 3.63) is 13.8 Å². The molecule has 0 nitrogen and oxygen atoms in total. The monoisotopic (exact) mass is 420 g/mol. The second-order valence-corrected chi connectivity index (χ2v) is 9.98. The molecular formula is C30H60. The second-order valence-electron chi connectivity index (χ2n) is 9.98. The molecule has 0 saturated heterocycles. The zero-order chi connectivity index (χ0) is 22.0. The summed E-state index contributed by atoms with van der Waals surface area (Å²) in [6, 6.07) is 0. The largest absolute Gasteiger partial charge is 0.0651 e. The average Bonchev–Trinajstić information content (AvgIpc) is 2.76. The molecule has 0 amide bonds. The minimum Gasteiger partial charge on any atom is -0.0651 e. The van der Waals surface area contributed by atoms with Crippen LogP contribution in [0, 0.1) is 19.8 Å². The van der Waals surface area contributed by atoms with Crippen molar-refractivity contribution in [1.82, 2.24) is 0 Å². The van der Waals surface area contributed by atoms with E-state index in [0.29, 0.717) is 0 Å². The summed E-state index contributed by atoms with van der Waals surface area (Å²) in [4.78, 5) is 0. The topological polar surface area (TPSA) is 0 Å². The lowest BCUT2D eigenvalue weighted by atomic mass is 9.92. The zero-order valence-electron chi connectivity index (χ0n) is 21.4. The molecule has 0 aromatic heterocycles. The van der Waals surface area contributed by atoms with Crippen molar-refractivity contribution in [3.8, 4) is 0 Å². The first kappa shape index (κ1) is 30.0. The van der Waals surface area contributed by atoms with Crippen LogP contribution in [0.4, 0.5) is 0 Å². The minimum atomic E-state index is 1.00. The summed E-state index contributed by atoms with van der Waals surface area (Å²) >= 11 is 0. The molecule has 0 fully saturated rings. The Morgan fingerprint density at radius 1 is 0.367 bits per heavy atom. The Labute approximate surface area is 193 Å². The highest BCUT2D eigenvalue weighted by Gasteiger charge is 2.05. The fraction of sp³-hybridized carbons (Fsp3) is 0.933. The van der Waals surface area contributed by atoms with E-state index < -0.39 is 0 Å². The second kappa shape index (κ2) is 27.0. The Hall–Kier alpha value is 0. The number of hydrogen-bond donors (Lipinski definition) is 0. The molecular weight excluding hydrogens is 360 g/mol. The summed E-state index contributed by atoms with van der Waals surface area (Å²) in [6.45, 7) is 10.3. The molecule has 0 aliphatic rings. The predicted octanol–water partition coefficient (Wildman–Crippen LogP) is 11.4. The van der Waals surface area contributed by atoms with Crippen LogP contribution in [0.5, 0.6) is 0 Å². The van der Waals surface area contributed by atoms with Crippen molar-refractivity contribution in [3.63, 3.8) is 0 Å². The van der Waals surface area contributed by atoms with Gasteiger partial charge in [0.25, 0.3) is 0 Å². The molecule has 0 saturated carbocycles. The van der Waals surface area contributed by atoms with E-state index in [9.17, 15) is 0 Å². The van der Waals surface area contributed by atoms with E-state index in [-0.39, 0.29) is 0 Å². The first-order valence-electron chi connectivity index (χ1n) is 14.4. The Morgan fingerprint density at radius 2 is 0.600 bits per heavy atom. The fourth-order valence-corrected chi connectivity index (χ4v) is 4.78. The van der Waals surface area contributed by atoms with Gasteiger partial charge in [0.1, 0.15) is 0 Å². The highest BCUT2D eigenvalue weighted by atomic mass is 14.1. The van der Waals surface area contributed by atoms with Crippen LogP contribution in [0.2, 0.25) is 0 Å². The smallest absolute Gasteiger partial charge is 0.0417 e. The molecule has 0 rings (SSSR count). The molecule has 0 aromatic rings. The summed E-state index contributed by atoms with van der Waals surface area (Å²) in [5.74, 6) is 1.00. The molecule has 0 aliphatic heterocycles. The summed E-state index contributed by atoms with van der Waals surface area (Å²) in [7, 11) is 0. The lowest BCUT2D eigenvalue weighted by molar-refractivity contribution is 0.393. The molecule has 0 N–H and O–H groups in total. The molecule has 2 radical (unpaired) electrons. The molecule has 1 unspecified atom stereocenters. The molecule has 30 heavy (non-hydrogen) atoms. The zero-order valence-corrected chi connectivity index (χ0v) is 21.4. The average molecular weight is 421 g/mol. The van der Waals surface area contributed by atoms with Gasteiger partial charge in [-0.05, 0) is 5.92 Å². The maximum absolute atomic E-state index is 3.94. The van der Waals surface area contributed by atoms with Crippen molar-refractivity contribution in [2.45, 2.75) is 174 Å². The van der Waals surface area contributed by atoms with E-state index in [2.05, 4.69) is 20.8 Å². The number of rotatable bonds is 26. The summed E-state index contributed by atoms with van der Waals surface area (Å²) < 4.78 is 0. The van der Waals surface area contributed by atoms with Crippen LogP contribution in [-0.4, -0.2) is 0 Å². The molecule has 180 valence electrons. The van der Waals surface area contributed by atoms with Crippen molar-refractivity contribution >= 4 is 0 Å². The standard InChI is InChI=1S/C30H60/c1-4-7-9-11-12-13-14-15-16-17-18-19-20-21-22-23-25-27-29-30(6-3)28-26-24-10-8-5-2/h30H,1-2,4-29H2,3H3. The SMILES string of the molecule is [CH2]CCCCCCCCCCCCCCCCCCCC(CC)CCCCCC[CH2]. The van der Waals surface area contributed by atoms with Gasteiger partial charge in [-0.25, -0.2) is 0 Å². The van der Waals surface area contributed by atoms with Gasteiger partial charge in [-0.1, -0.05) is 188 Å². The highest BCUT2D eigenvalue weighted by molar-refractivity contribution is 4.59. The molecule has 0 aliphatic carbocycles. The van der Waals surface area contributed by atoms with Gasteiger partial charge in [-0.3, -0.25) is 0 Å². The normalized spacial score (nSPS) is 12.5. The minimum absolute atomic E-state index is 1.00. The summed E-state index contributed by atoms with van der Waals surface area (Å²) in [5.41, 5.74) is 0. The van der Waals surface area contributed by atoms with Crippen LogP contribution in [0.25, 0.3) is 0 Å². The van der Waals surface area contributed by atoms with E-state index in [4.69, 9.17) is 0 Å². The van der Waals surface area contributed by atoms with Crippen LogP contribution >= 0.6 is 0 Å². The van der Waals surface area contributed by atoms with Crippen LogP contribution in [0.15, 0.2) is 0 Å². The van der Waals surface area contributed by atoms with E-state index in [0.717, 1.165) is 18.8 Å². The van der Waals surface area contributed by atoms with Crippen molar-refractivity contribution < 1.29 is 0 Å². The van der Waals surface area contributed by atoms with Gasteiger partial charge in [-0.2, -0.15) is 0 Å². The van der Waals surface area contributed by atoms with Crippen LogP contribution < -0.4 is 0 Å². The lowest BCUT2D eigenvalue weighted by Crippen LogP contribution is -1.99. The van der Waals surface area contributed by atoms with Crippen LogP contribution in [-0.2, 0) is 0 Å². The predicted molar refractivity (Wildman–Crippen MR) is 140 cm³/mol. The quantitative estimate of drug-likeness (QED) is 0.122. The molecule has 0 heteroatoms. The molecule has 0 spiro atoms. The third kappa shape index (κ3) is 24.3. The van der Waals surface area contributed by atoms with E-state index in [1.807, 2.05) is 0 Å². The Morgan fingerprint density at radius 3 is 0.833 bits per heavy atom. The Balaban J connectivity index is 3.18. The number of hydrogen-bond acceptors (Lipinski definition) is 0. The first-order valence-corrected chi connectivity index (χ1v) is 14.4. The van der Waals surface area contributed by atoms with Crippen LogP contribution in [0.1, 0.15) is 174 Å². The third-order valence-electron chi connectivity index (χ3n) is 7.05. The van der Waals surface area contributed by atoms with Crippen molar-refractivity contribution in [2.75, 3.05) is 0 Å². The van der Waals surface area contributed by atoms with Crippen molar-refractivity contribution in [2.24, 2.45) is 5.92 Å². The van der Waals surface area contributed by atoms with Gasteiger partial charge in [0.05, 0.1) is 0 Å². The number of unbranched alkanes of at least 4 members (excludes halogenated alkanes) is 21. The highest BCUT2D eigenvalue weighted by Crippen LogP contribution is 2.22. The van der Waals surface area contributed by atoms with Gasteiger partial charge in [0, 0.05) is 0 Å². The molecule has 1 atom stereocenters. The fourth-order valence-electron chi connectivity index (χ4n) is 4.78. The first-order chi connectivity index (χ1) is 14.8. The molecule has 0 aromatic carbocycles. The van der Waals surface area contributed by atoms with Gasteiger partial charge < -0.3 is 0 Å². The molecule has 0 heterocycles. The maximum atomic E-state index is 3.94. The third-order valence-corrected chi connectivity index (χ3v) is 7.05. The molecule has 0 bridgehead atoms. The van der Waals surface area contributed by atoms with E-state index in [1.54, 1.807) is 0 Å². The van der Waals surface area contributed by atoms with Gasteiger partial charge in [-0.15, -0.1) is 0 Å². The van der Waals surface area contributed by atoms with E-state index in [1.165, 1.54) is 154 Å². The lowest BCUT2D eigenvalue weighted by Gasteiger charge is -2.14. The summed E-state index contributed by atoms with van der Waals surface area (Å²) in [5, 5.41) is 0. The van der Waals surface area contributed by atoms with Crippen molar-refractivity contribution in [1.29, 1.82) is 0 Å². The Kier molecular flexibility index (Phi) is 27.0. The van der Waals surface area contributed by atoms with Gasteiger partial charge >= 0.3 is 0 Å². The van der Waals surface area contributed by atoms with Gasteiger partial charge in [0.2, 0.25) is 0 Å². The maximum Gasteiger partial charge on any atom is -0.0417 e. The summed E-state index contributed by atoms with van der Waals surface area (Å²) in [6.07, 6.45) is 37.1. The van der Waals surface area contributed by atoms with Crippen LogP contribution in [0.3, 0.4) is 0 Å². The van der Waals surface area contributed by atoms with Gasteiger partial charge in [0.15, 0.2) is 0 Å². The van der Waals surface area contributed by atoms with E-state index >= 15 is 0 Å².